The van der Waals surface area contributed by atoms with Gasteiger partial charge in [0.05, 0.1) is 11.4 Å². The molecule has 1 aliphatic heterocycles. The average molecular weight is 347 g/mol. The van der Waals surface area contributed by atoms with Gasteiger partial charge in [0, 0.05) is 6.07 Å². The lowest BCUT2D eigenvalue weighted by Crippen LogP contribution is -2.28. The van der Waals surface area contributed by atoms with Crippen molar-refractivity contribution in [1.29, 1.82) is 0 Å². The molecule has 2 aromatic carbocycles. The van der Waals surface area contributed by atoms with Crippen molar-refractivity contribution >= 4 is 23.4 Å². The molecule has 1 saturated heterocycles. The van der Waals surface area contributed by atoms with Crippen LogP contribution in [0.4, 0.5) is 14.5 Å². The molecule has 1 heterocycles. The van der Waals surface area contributed by atoms with Gasteiger partial charge in [0.1, 0.15) is 17.0 Å². The summed E-state index contributed by atoms with van der Waals surface area (Å²) in [7, 11) is 0. The second-order valence-electron chi connectivity index (χ2n) is 6.89. The van der Waals surface area contributed by atoms with Gasteiger partial charge in [0.25, 0.3) is 0 Å². The van der Waals surface area contributed by atoms with Crippen LogP contribution in [0, 0.1) is 11.6 Å². The summed E-state index contributed by atoms with van der Waals surface area (Å²) in [5.41, 5.74) is 2.29. The summed E-state index contributed by atoms with van der Waals surface area (Å²) < 4.78 is 27.3. The van der Waals surface area contributed by atoms with E-state index in [1.54, 1.807) is 0 Å². The van der Waals surface area contributed by atoms with Gasteiger partial charge in [-0.3, -0.25) is 9.69 Å². The quantitative estimate of drug-likeness (QED) is 0.758. The molecular weight excluding hydrogens is 328 g/mol. The Labute approximate surface area is 144 Å². The number of hydrogen-bond acceptors (Lipinski definition) is 2. The van der Waals surface area contributed by atoms with Gasteiger partial charge >= 0.3 is 0 Å². The zero-order chi connectivity index (χ0) is 17.5. The lowest BCUT2D eigenvalue weighted by molar-refractivity contribution is -0.115. The number of anilines is 1. The molecular formula is C19H19F2NOS. The van der Waals surface area contributed by atoms with E-state index in [2.05, 4.69) is 20.8 Å². The number of amides is 1. The van der Waals surface area contributed by atoms with E-state index in [4.69, 9.17) is 0 Å². The molecule has 24 heavy (non-hydrogen) atoms. The minimum atomic E-state index is -0.720. The lowest BCUT2D eigenvalue weighted by Gasteiger charge is -2.26. The largest absolute Gasteiger partial charge is 0.292 e. The van der Waals surface area contributed by atoms with Crippen molar-refractivity contribution in [3.8, 4) is 0 Å². The van der Waals surface area contributed by atoms with Crippen molar-refractivity contribution in [2.75, 3.05) is 10.7 Å². The first-order valence-electron chi connectivity index (χ1n) is 7.76. The van der Waals surface area contributed by atoms with Crippen LogP contribution in [0.3, 0.4) is 0 Å². The van der Waals surface area contributed by atoms with Crippen LogP contribution in [-0.4, -0.2) is 11.7 Å². The van der Waals surface area contributed by atoms with Gasteiger partial charge in [0.2, 0.25) is 5.91 Å². The first-order chi connectivity index (χ1) is 11.3. The molecule has 1 atom stereocenters. The normalized spacial score (nSPS) is 18.3. The highest BCUT2D eigenvalue weighted by molar-refractivity contribution is 8.00. The maximum absolute atomic E-state index is 14.1. The summed E-state index contributed by atoms with van der Waals surface area (Å²) in [4.78, 5) is 13.7. The minimum Gasteiger partial charge on any atom is -0.292 e. The van der Waals surface area contributed by atoms with E-state index < -0.39 is 11.6 Å². The van der Waals surface area contributed by atoms with Crippen molar-refractivity contribution in [3.05, 3.63) is 65.2 Å². The van der Waals surface area contributed by atoms with E-state index in [1.165, 1.54) is 34.4 Å². The molecule has 3 rings (SSSR count). The highest BCUT2D eigenvalue weighted by atomic mass is 32.2. The summed E-state index contributed by atoms with van der Waals surface area (Å²) in [5.74, 6) is -1.26. The second-order valence-corrected chi connectivity index (χ2v) is 7.96. The Hall–Kier alpha value is -1.88. The third kappa shape index (κ3) is 3.18. The second kappa shape index (κ2) is 6.20. The van der Waals surface area contributed by atoms with E-state index in [-0.39, 0.29) is 28.1 Å². The predicted molar refractivity (Wildman–Crippen MR) is 94.2 cm³/mol. The smallest absolute Gasteiger partial charge is 0.238 e. The molecule has 1 aliphatic rings. The van der Waals surface area contributed by atoms with Gasteiger partial charge in [-0.25, -0.2) is 8.78 Å². The number of thioether (sulfide) groups is 1. The number of halogens is 2. The van der Waals surface area contributed by atoms with Gasteiger partial charge < -0.3 is 0 Å². The molecule has 0 N–H and O–H groups in total. The summed E-state index contributed by atoms with van der Waals surface area (Å²) >= 11 is 1.45. The van der Waals surface area contributed by atoms with Crippen LogP contribution in [0.5, 0.6) is 0 Å². The highest BCUT2D eigenvalue weighted by Crippen LogP contribution is 2.43. The fourth-order valence-corrected chi connectivity index (χ4v) is 3.92. The van der Waals surface area contributed by atoms with Gasteiger partial charge in [-0.2, -0.15) is 0 Å². The Balaban J connectivity index is 1.96. The van der Waals surface area contributed by atoms with Crippen LogP contribution >= 0.6 is 11.8 Å². The Morgan fingerprint density at radius 1 is 1.08 bits per heavy atom. The summed E-state index contributed by atoms with van der Waals surface area (Å²) in [6.45, 7) is 6.40. The standard InChI is InChI=1S/C19H19F2NOS/c1-19(2,3)13-6-4-12(5-7-13)18-22(17(23)11-24-18)16-9-8-14(20)10-15(16)21/h4-10,18H,11H2,1-3H3/t18-/m1/s1. The van der Waals surface area contributed by atoms with Crippen LogP contribution in [0.2, 0.25) is 0 Å². The molecule has 5 heteroatoms. The van der Waals surface area contributed by atoms with Crippen LogP contribution < -0.4 is 4.90 Å². The molecule has 0 saturated carbocycles. The third-order valence-corrected chi connectivity index (χ3v) is 5.31. The summed E-state index contributed by atoms with van der Waals surface area (Å²) in [6, 6.07) is 11.3. The van der Waals surface area contributed by atoms with Crippen molar-refractivity contribution < 1.29 is 13.6 Å². The molecule has 126 valence electrons. The maximum Gasteiger partial charge on any atom is 0.238 e. The first kappa shape index (κ1) is 17.0. The highest BCUT2D eigenvalue weighted by Gasteiger charge is 2.35. The first-order valence-corrected chi connectivity index (χ1v) is 8.81. The molecule has 0 aromatic heterocycles. The number of carbonyl (C=O) groups is 1. The van der Waals surface area contributed by atoms with E-state index in [0.717, 1.165) is 11.6 Å². The van der Waals surface area contributed by atoms with E-state index in [9.17, 15) is 13.6 Å². The zero-order valence-electron chi connectivity index (χ0n) is 13.8. The van der Waals surface area contributed by atoms with Gasteiger partial charge in [-0.1, -0.05) is 45.0 Å². The molecule has 0 aliphatic carbocycles. The average Bonchev–Trinajstić information content (AvgIpc) is 2.88. The molecule has 2 nitrogen and oxygen atoms in total. The Morgan fingerprint density at radius 2 is 1.75 bits per heavy atom. The number of hydrogen-bond donors (Lipinski definition) is 0. The molecule has 2 aromatic rings. The SMILES string of the molecule is CC(C)(C)c1ccc([C@H]2SCC(=O)N2c2ccc(F)cc2F)cc1. The molecule has 1 amide bonds. The fraction of sp³-hybridized carbons (Fsp3) is 0.316. The van der Waals surface area contributed by atoms with Crippen LogP contribution in [-0.2, 0) is 10.2 Å². The predicted octanol–water partition coefficient (Wildman–Crippen LogP) is 5.04. The van der Waals surface area contributed by atoms with Crippen LogP contribution in [0.25, 0.3) is 0 Å². The number of rotatable bonds is 2. The molecule has 0 bridgehead atoms. The Bertz CT molecular complexity index is 768. The van der Waals surface area contributed by atoms with E-state index in [1.807, 2.05) is 24.3 Å². The van der Waals surface area contributed by atoms with Gasteiger partial charge in [-0.05, 0) is 28.7 Å². The molecule has 0 spiro atoms. The van der Waals surface area contributed by atoms with Gasteiger partial charge in [-0.15, -0.1) is 11.8 Å². The summed E-state index contributed by atoms with van der Waals surface area (Å²) in [5, 5.41) is -0.300. The van der Waals surface area contributed by atoms with Gasteiger partial charge in [0.15, 0.2) is 0 Å². The van der Waals surface area contributed by atoms with Crippen molar-refractivity contribution in [2.24, 2.45) is 0 Å². The lowest BCUT2D eigenvalue weighted by atomic mass is 9.86. The molecule has 0 radical (unpaired) electrons. The van der Waals surface area contributed by atoms with Crippen molar-refractivity contribution in [1.82, 2.24) is 0 Å². The van der Waals surface area contributed by atoms with E-state index in [0.29, 0.717) is 0 Å². The zero-order valence-corrected chi connectivity index (χ0v) is 14.7. The summed E-state index contributed by atoms with van der Waals surface area (Å²) in [6.07, 6.45) is 0. The number of carbonyl (C=O) groups excluding carboxylic acids is 1. The van der Waals surface area contributed by atoms with Crippen LogP contribution in [0.1, 0.15) is 37.3 Å². The molecule has 0 unspecified atom stereocenters. The fourth-order valence-electron chi connectivity index (χ4n) is 2.76. The third-order valence-electron chi connectivity index (χ3n) is 4.10. The minimum absolute atomic E-state index is 0.0416. The monoisotopic (exact) mass is 347 g/mol. The topological polar surface area (TPSA) is 20.3 Å². The number of nitrogens with zero attached hydrogens (tertiary/aromatic N) is 1. The van der Waals surface area contributed by atoms with E-state index >= 15 is 0 Å². The van der Waals surface area contributed by atoms with Crippen molar-refractivity contribution in [2.45, 2.75) is 31.6 Å². The Morgan fingerprint density at radius 3 is 2.33 bits per heavy atom. The Kier molecular flexibility index (Phi) is 4.38. The van der Waals surface area contributed by atoms with Crippen LogP contribution in [0.15, 0.2) is 42.5 Å². The molecule has 1 fully saturated rings. The van der Waals surface area contributed by atoms with Crippen molar-refractivity contribution in [3.63, 3.8) is 0 Å². The number of benzene rings is 2. The maximum atomic E-state index is 14.1.